The van der Waals surface area contributed by atoms with Gasteiger partial charge in [-0.1, -0.05) is 36.8 Å². The molecule has 2 aromatic carbocycles. The number of amides is 1. The number of halogens is 1. The number of ether oxygens (including phenoxy) is 2. The van der Waals surface area contributed by atoms with Crippen molar-refractivity contribution in [2.24, 2.45) is 0 Å². The van der Waals surface area contributed by atoms with Crippen molar-refractivity contribution in [3.63, 3.8) is 0 Å². The lowest BCUT2D eigenvalue weighted by molar-refractivity contribution is -0.118. The summed E-state index contributed by atoms with van der Waals surface area (Å²) in [6, 6.07) is 17.4. The summed E-state index contributed by atoms with van der Waals surface area (Å²) in [7, 11) is 0. The van der Waals surface area contributed by atoms with E-state index in [0.29, 0.717) is 19.8 Å². The topological polar surface area (TPSA) is 59.6 Å². The van der Waals surface area contributed by atoms with E-state index in [2.05, 4.69) is 10.6 Å². The van der Waals surface area contributed by atoms with Crippen molar-refractivity contribution in [1.29, 1.82) is 0 Å². The van der Waals surface area contributed by atoms with E-state index in [-0.39, 0.29) is 24.4 Å². The molecule has 1 aliphatic heterocycles. The second-order valence-electron chi connectivity index (χ2n) is 6.41. The first-order valence-corrected chi connectivity index (χ1v) is 9.20. The van der Waals surface area contributed by atoms with Gasteiger partial charge in [-0.2, -0.15) is 0 Å². The molecule has 0 bridgehead atoms. The zero-order valence-corrected chi connectivity index (χ0v) is 16.2. The molecular weight excluding hydrogens is 364 g/mol. The summed E-state index contributed by atoms with van der Waals surface area (Å²) >= 11 is 0. The molecule has 0 aliphatic carbocycles. The van der Waals surface area contributed by atoms with Gasteiger partial charge in [0, 0.05) is 5.69 Å². The molecule has 3 rings (SSSR count). The lowest BCUT2D eigenvalue weighted by Crippen LogP contribution is -2.43. The van der Waals surface area contributed by atoms with Crippen LogP contribution >= 0.6 is 12.4 Å². The van der Waals surface area contributed by atoms with Crippen molar-refractivity contribution in [2.45, 2.75) is 31.9 Å². The number of para-hydroxylation sites is 1. The van der Waals surface area contributed by atoms with Crippen molar-refractivity contribution < 1.29 is 14.3 Å². The van der Waals surface area contributed by atoms with Crippen molar-refractivity contribution in [3.8, 4) is 5.75 Å². The largest absolute Gasteiger partial charge is 0.491 e. The predicted molar refractivity (Wildman–Crippen MR) is 110 cm³/mol. The highest BCUT2D eigenvalue weighted by molar-refractivity contribution is 5.94. The summed E-state index contributed by atoms with van der Waals surface area (Å²) in [6.07, 6.45) is 3.14. The Morgan fingerprint density at radius 3 is 2.70 bits per heavy atom. The molecule has 2 N–H and O–H groups in total. The van der Waals surface area contributed by atoms with E-state index >= 15 is 0 Å². The monoisotopic (exact) mass is 390 g/mol. The average Bonchev–Trinajstić information content (AvgIpc) is 2.69. The number of anilines is 1. The molecule has 0 radical (unpaired) electrons. The fourth-order valence-electron chi connectivity index (χ4n) is 2.97. The average molecular weight is 391 g/mol. The van der Waals surface area contributed by atoms with Crippen LogP contribution in [0.2, 0.25) is 0 Å². The van der Waals surface area contributed by atoms with Crippen LogP contribution in [-0.2, 0) is 16.1 Å². The van der Waals surface area contributed by atoms with Crippen molar-refractivity contribution in [1.82, 2.24) is 5.32 Å². The molecule has 27 heavy (non-hydrogen) atoms. The fraction of sp³-hybridized carbons (Fsp3) is 0.381. The van der Waals surface area contributed by atoms with Gasteiger partial charge in [-0.25, -0.2) is 0 Å². The van der Waals surface area contributed by atoms with Crippen molar-refractivity contribution in [3.05, 3.63) is 60.2 Å². The maximum atomic E-state index is 12.3. The molecule has 5 nitrogen and oxygen atoms in total. The number of rotatable bonds is 8. The Kier molecular flexibility index (Phi) is 9.11. The van der Waals surface area contributed by atoms with Gasteiger partial charge in [0.15, 0.2) is 0 Å². The molecule has 1 saturated heterocycles. The van der Waals surface area contributed by atoms with Gasteiger partial charge in [-0.05, 0) is 49.2 Å². The van der Waals surface area contributed by atoms with E-state index in [9.17, 15) is 4.79 Å². The molecule has 0 aromatic heterocycles. The van der Waals surface area contributed by atoms with Gasteiger partial charge < -0.3 is 20.1 Å². The predicted octanol–water partition coefficient (Wildman–Crippen LogP) is 3.78. The number of benzene rings is 2. The minimum atomic E-state index is -0.0845. The number of piperidine rings is 1. The molecule has 1 aliphatic rings. The summed E-state index contributed by atoms with van der Waals surface area (Å²) in [6.45, 7) is 2.42. The first kappa shape index (κ1) is 21.2. The maximum absolute atomic E-state index is 12.3. The molecule has 1 atom stereocenters. The molecule has 1 heterocycles. The summed E-state index contributed by atoms with van der Waals surface area (Å²) in [5, 5.41) is 6.26. The van der Waals surface area contributed by atoms with E-state index < -0.39 is 0 Å². The van der Waals surface area contributed by atoms with Gasteiger partial charge in [0.2, 0.25) is 5.91 Å². The van der Waals surface area contributed by atoms with Crippen LogP contribution in [0.25, 0.3) is 0 Å². The van der Waals surface area contributed by atoms with E-state index in [1.807, 2.05) is 54.6 Å². The Morgan fingerprint density at radius 2 is 1.93 bits per heavy atom. The highest BCUT2D eigenvalue weighted by Crippen LogP contribution is 2.14. The number of hydrogen-bond donors (Lipinski definition) is 2. The molecule has 1 unspecified atom stereocenters. The van der Waals surface area contributed by atoms with Gasteiger partial charge in [0.05, 0.1) is 19.3 Å². The van der Waals surface area contributed by atoms with E-state index in [4.69, 9.17) is 9.47 Å². The van der Waals surface area contributed by atoms with Crippen molar-refractivity contribution >= 4 is 24.0 Å². The molecular formula is C21H27ClN2O3. The van der Waals surface area contributed by atoms with Crippen LogP contribution in [0.5, 0.6) is 5.75 Å². The maximum Gasteiger partial charge on any atom is 0.241 e. The molecule has 6 heteroatoms. The number of nitrogens with one attached hydrogen (secondary N) is 2. The number of carbonyl (C=O) groups is 1. The third kappa shape index (κ3) is 7.21. The summed E-state index contributed by atoms with van der Waals surface area (Å²) in [4.78, 5) is 12.3. The quantitative estimate of drug-likeness (QED) is 0.673. The van der Waals surface area contributed by atoms with Gasteiger partial charge >= 0.3 is 0 Å². The van der Waals surface area contributed by atoms with Gasteiger partial charge in [-0.15, -0.1) is 12.4 Å². The lowest BCUT2D eigenvalue weighted by Gasteiger charge is -2.22. The zero-order chi connectivity index (χ0) is 18.0. The Balaban J connectivity index is 0.00000261. The van der Waals surface area contributed by atoms with Gasteiger partial charge in [-0.3, -0.25) is 4.79 Å². The van der Waals surface area contributed by atoms with E-state index in [1.165, 1.54) is 0 Å². The van der Waals surface area contributed by atoms with Crippen molar-refractivity contribution in [2.75, 3.05) is 25.1 Å². The number of carbonyl (C=O) groups excluding carboxylic acids is 1. The molecule has 0 saturated carbocycles. The second-order valence-corrected chi connectivity index (χ2v) is 6.41. The second kappa shape index (κ2) is 11.6. The first-order valence-electron chi connectivity index (χ1n) is 9.20. The minimum absolute atomic E-state index is 0. The summed E-state index contributed by atoms with van der Waals surface area (Å²) in [5.74, 6) is 0.885. The Hall–Kier alpha value is -2.08. The van der Waals surface area contributed by atoms with Crippen LogP contribution in [0, 0.1) is 0 Å². The van der Waals surface area contributed by atoms with Crippen LogP contribution in [0.4, 0.5) is 5.69 Å². The Labute approximate surface area is 166 Å². The fourth-order valence-corrected chi connectivity index (χ4v) is 2.97. The van der Waals surface area contributed by atoms with E-state index in [1.54, 1.807) is 0 Å². The van der Waals surface area contributed by atoms with Gasteiger partial charge in [0.25, 0.3) is 0 Å². The summed E-state index contributed by atoms with van der Waals surface area (Å²) < 4.78 is 11.3. The molecule has 2 aromatic rings. The number of hydrogen-bond acceptors (Lipinski definition) is 4. The van der Waals surface area contributed by atoms with Crippen LogP contribution in [0.15, 0.2) is 54.6 Å². The lowest BCUT2D eigenvalue weighted by atomic mass is 10.0. The standard InChI is InChI=1S/C21H26N2O3.ClH/c24-21(20-11-4-5-12-22-20)23-18-8-6-7-17(15-18)16-25-13-14-26-19-9-2-1-3-10-19;/h1-3,6-10,15,20,22H,4-5,11-14,16H2,(H,23,24);1H. The first-order chi connectivity index (χ1) is 12.8. The van der Waals surface area contributed by atoms with Gasteiger partial charge in [0.1, 0.15) is 12.4 Å². The molecule has 1 fully saturated rings. The Morgan fingerprint density at radius 1 is 1.07 bits per heavy atom. The highest BCUT2D eigenvalue weighted by atomic mass is 35.5. The smallest absolute Gasteiger partial charge is 0.241 e. The zero-order valence-electron chi connectivity index (χ0n) is 15.4. The minimum Gasteiger partial charge on any atom is -0.491 e. The highest BCUT2D eigenvalue weighted by Gasteiger charge is 2.20. The third-order valence-electron chi connectivity index (χ3n) is 4.33. The summed E-state index contributed by atoms with van der Waals surface area (Å²) in [5.41, 5.74) is 1.84. The van der Waals surface area contributed by atoms with Crippen LogP contribution in [0.3, 0.4) is 0 Å². The normalized spacial score (nSPS) is 16.2. The molecule has 0 spiro atoms. The van der Waals surface area contributed by atoms with E-state index in [0.717, 1.165) is 42.8 Å². The third-order valence-corrected chi connectivity index (χ3v) is 4.33. The van der Waals surface area contributed by atoms with Crippen LogP contribution in [0.1, 0.15) is 24.8 Å². The Bertz CT molecular complexity index is 691. The van der Waals surface area contributed by atoms with Crippen LogP contribution in [-0.4, -0.2) is 31.7 Å². The van der Waals surface area contributed by atoms with Crippen LogP contribution < -0.4 is 15.4 Å². The SMILES string of the molecule is Cl.O=C(Nc1cccc(COCCOc2ccccc2)c1)C1CCCCN1. The molecule has 146 valence electrons. The molecule has 1 amide bonds.